The minimum atomic E-state index is -0.479. The molecule has 156 valence electrons. The van der Waals surface area contributed by atoms with Crippen LogP contribution in [-0.2, 0) is 10.3 Å². The van der Waals surface area contributed by atoms with Crippen molar-refractivity contribution in [3.63, 3.8) is 0 Å². The first-order chi connectivity index (χ1) is 14.3. The monoisotopic (exact) mass is 465 g/mol. The highest BCUT2D eigenvalue weighted by atomic mass is 79.9. The fourth-order valence-corrected chi connectivity index (χ4v) is 5.12. The van der Waals surface area contributed by atoms with Gasteiger partial charge in [-0.1, -0.05) is 59.3 Å². The SMILES string of the molecule is CCC(CC(=O)NC(C)(C)C)C1(c2ccc(Br)cc2)c2ccccc2-c2nccn21. The molecule has 0 saturated heterocycles. The number of hydrogen-bond donors (Lipinski definition) is 1. The molecule has 2 atom stereocenters. The Hall–Kier alpha value is -2.40. The zero-order valence-corrected chi connectivity index (χ0v) is 19.5. The van der Waals surface area contributed by atoms with E-state index in [1.54, 1.807) is 0 Å². The number of halogens is 1. The molecule has 1 aromatic heterocycles. The van der Waals surface area contributed by atoms with Gasteiger partial charge in [0.15, 0.2) is 0 Å². The van der Waals surface area contributed by atoms with E-state index in [9.17, 15) is 4.79 Å². The van der Waals surface area contributed by atoms with Gasteiger partial charge in [-0.2, -0.15) is 0 Å². The Balaban J connectivity index is 1.92. The zero-order chi connectivity index (χ0) is 21.5. The van der Waals surface area contributed by atoms with Crippen molar-refractivity contribution in [3.8, 4) is 11.4 Å². The summed E-state index contributed by atoms with van der Waals surface area (Å²) in [7, 11) is 0. The predicted octanol–water partition coefficient (Wildman–Crippen LogP) is 5.75. The van der Waals surface area contributed by atoms with Crippen LogP contribution in [-0.4, -0.2) is 21.0 Å². The van der Waals surface area contributed by atoms with E-state index < -0.39 is 5.54 Å². The van der Waals surface area contributed by atoms with Crippen LogP contribution in [0.3, 0.4) is 0 Å². The molecule has 5 heteroatoms. The van der Waals surface area contributed by atoms with Crippen molar-refractivity contribution in [1.29, 1.82) is 0 Å². The Morgan fingerprint density at radius 1 is 1.17 bits per heavy atom. The molecule has 1 aliphatic rings. The van der Waals surface area contributed by atoms with E-state index in [1.807, 2.05) is 27.0 Å². The Kier molecular flexibility index (Phi) is 5.35. The van der Waals surface area contributed by atoms with E-state index in [2.05, 4.69) is 92.4 Å². The van der Waals surface area contributed by atoms with Gasteiger partial charge in [0.2, 0.25) is 5.91 Å². The third-order valence-electron chi connectivity index (χ3n) is 5.91. The fourth-order valence-electron chi connectivity index (χ4n) is 4.86. The largest absolute Gasteiger partial charge is 0.351 e. The van der Waals surface area contributed by atoms with Crippen molar-refractivity contribution in [3.05, 3.63) is 76.5 Å². The number of benzene rings is 2. The van der Waals surface area contributed by atoms with Gasteiger partial charge in [0, 0.05) is 34.4 Å². The standard InChI is InChI=1S/C25H28BrN3O/c1-5-17(16-22(30)28-24(2,3)4)25(18-10-12-19(26)13-11-18)21-9-7-6-8-20(21)23-27-14-15-29(23)25/h6-15,17H,5,16H2,1-4H3,(H,28,30). The molecule has 2 heterocycles. The first-order valence-corrected chi connectivity index (χ1v) is 11.3. The maximum atomic E-state index is 13.0. The van der Waals surface area contributed by atoms with Crippen molar-refractivity contribution in [2.75, 3.05) is 0 Å². The molecule has 2 aromatic carbocycles. The summed E-state index contributed by atoms with van der Waals surface area (Å²) < 4.78 is 3.32. The second-order valence-electron chi connectivity index (χ2n) is 9.05. The molecule has 4 rings (SSSR count). The van der Waals surface area contributed by atoms with Crippen LogP contribution in [0.15, 0.2) is 65.4 Å². The van der Waals surface area contributed by atoms with Crippen LogP contribution in [0.25, 0.3) is 11.4 Å². The van der Waals surface area contributed by atoms with Crippen LogP contribution in [0.1, 0.15) is 51.7 Å². The molecule has 1 N–H and O–H groups in total. The van der Waals surface area contributed by atoms with Crippen molar-refractivity contribution in [2.45, 2.75) is 51.6 Å². The summed E-state index contributed by atoms with van der Waals surface area (Å²) in [5.74, 6) is 1.11. The molecule has 30 heavy (non-hydrogen) atoms. The summed E-state index contributed by atoms with van der Waals surface area (Å²) >= 11 is 3.57. The molecule has 0 aliphatic carbocycles. The Labute approximate surface area is 186 Å². The quantitative estimate of drug-likeness (QED) is 0.521. The molecule has 3 aromatic rings. The highest BCUT2D eigenvalue weighted by molar-refractivity contribution is 9.10. The number of amides is 1. The molecule has 0 spiro atoms. The molecule has 0 bridgehead atoms. The maximum absolute atomic E-state index is 13.0. The molecule has 0 saturated carbocycles. The smallest absolute Gasteiger partial charge is 0.220 e. The highest BCUT2D eigenvalue weighted by Crippen LogP contribution is 2.52. The molecule has 0 fully saturated rings. The number of nitrogens with zero attached hydrogens (tertiary/aromatic N) is 2. The second kappa shape index (κ2) is 7.69. The second-order valence-corrected chi connectivity index (χ2v) is 9.96. The van der Waals surface area contributed by atoms with Gasteiger partial charge in [-0.25, -0.2) is 4.98 Å². The van der Waals surface area contributed by atoms with Crippen molar-refractivity contribution < 1.29 is 4.79 Å². The summed E-state index contributed by atoms with van der Waals surface area (Å²) in [4.78, 5) is 17.7. The third-order valence-corrected chi connectivity index (χ3v) is 6.44. The van der Waals surface area contributed by atoms with Gasteiger partial charge in [0.25, 0.3) is 0 Å². The normalized spacial score (nSPS) is 18.6. The number of carbonyl (C=O) groups excluding carboxylic acids is 1. The van der Waals surface area contributed by atoms with E-state index >= 15 is 0 Å². The lowest BCUT2D eigenvalue weighted by Crippen LogP contribution is -2.46. The van der Waals surface area contributed by atoms with Gasteiger partial charge < -0.3 is 9.88 Å². The van der Waals surface area contributed by atoms with E-state index in [0.29, 0.717) is 6.42 Å². The number of fused-ring (bicyclic) bond motifs is 3. The molecule has 2 unspecified atom stereocenters. The number of hydrogen-bond acceptors (Lipinski definition) is 2. The van der Waals surface area contributed by atoms with Crippen LogP contribution in [0.5, 0.6) is 0 Å². The van der Waals surface area contributed by atoms with Gasteiger partial charge in [-0.15, -0.1) is 0 Å². The van der Waals surface area contributed by atoms with Crippen molar-refractivity contribution in [1.82, 2.24) is 14.9 Å². The van der Waals surface area contributed by atoms with Gasteiger partial charge in [0.1, 0.15) is 11.4 Å². The minimum Gasteiger partial charge on any atom is -0.351 e. The number of carbonyl (C=O) groups is 1. The summed E-state index contributed by atoms with van der Waals surface area (Å²) in [6.07, 6.45) is 5.22. The van der Waals surface area contributed by atoms with Crippen LogP contribution < -0.4 is 5.32 Å². The van der Waals surface area contributed by atoms with Crippen LogP contribution >= 0.6 is 15.9 Å². The average Bonchev–Trinajstić information content (AvgIpc) is 3.26. The Morgan fingerprint density at radius 3 is 2.53 bits per heavy atom. The maximum Gasteiger partial charge on any atom is 0.220 e. The topological polar surface area (TPSA) is 46.9 Å². The number of aromatic nitrogens is 2. The highest BCUT2D eigenvalue weighted by Gasteiger charge is 2.50. The Morgan fingerprint density at radius 2 is 1.87 bits per heavy atom. The van der Waals surface area contributed by atoms with E-state index in [1.165, 1.54) is 11.1 Å². The molecule has 1 amide bonds. The summed E-state index contributed by atoms with van der Waals surface area (Å²) in [6, 6.07) is 17.0. The average molecular weight is 466 g/mol. The summed E-state index contributed by atoms with van der Waals surface area (Å²) in [5.41, 5.74) is 2.79. The van der Waals surface area contributed by atoms with Gasteiger partial charge in [0.05, 0.1) is 0 Å². The lowest BCUT2D eigenvalue weighted by atomic mass is 9.70. The van der Waals surface area contributed by atoms with Crippen molar-refractivity contribution >= 4 is 21.8 Å². The predicted molar refractivity (Wildman–Crippen MR) is 124 cm³/mol. The number of imidazole rings is 1. The zero-order valence-electron chi connectivity index (χ0n) is 17.9. The molecule has 1 aliphatic heterocycles. The number of nitrogens with one attached hydrogen (secondary N) is 1. The first-order valence-electron chi connectivity index (χ1n) is 10.5. The van der Waals surface area contributed by atoms with Gasteiger partial charge in [-0.05, 0) is 56.4 Å². The van der Waals surface area contributed by atoms with Crippen LogP contribution in [0, 0.1) is 5.92 Å². The van der Waals surface area contributed by atoms with E-state index in [4.69, 9.17) is 0 Å². The van der Waals surface area contributed by atoms with Gasteiger partial charge >= 0.3 is 0 Å². The lowest BCUT2D eigenvalue weighted by Gasteiger charge is -2.41. The molecule has 4 nitrogen and oxygen atoms in total. The van der Waals surface area contributed by atoms with E-state index in [-0.39, 0.29) is 17.4 Å². The first kappa shape index (κ1) is 20.9. The number of rotatable bonds is 5. The minimum absolute atomic E-state index is 0.0672. The van der Waals surface area contributed by atoms with Crippen LogP contribution in [0.2, 0.25) is 0 Å². The molecule has 0 radical (unpaired) electrons. The van der Waals surface area contributed by atoms with Crippen molar-refractivity contribution in [2.24, 2.45) is 5.92 Å². The van der Waals surface area contributed by atoms with Gasteiger partial charge in [-0.3, -0.25) is 4.79 Å². The Bertz CT molecular complexity index is 1060. The fraction of sp³-hybridized carbons (Fsp3) is 0.360. The summed E-state index contributed by atoms with van der Waals surface area (Å²) in [5, 5.41) is 3.16. The third kappa shape index (κ3) is 3.39. The summed E-state index contributed by atoms with van der Waals surface area (Å²) in [6.45, 7) is 8.24. The molecular formula is C25H28BrN3O. The lowest BCUT2D eigenvalue weighted by molar-refractivity contribution is -0.124. The van der Waals surface area contributed by atoms with Crippen LogP contribution in [0.4, 0.5) is 0 Å². The van der Waals surface area contributed by atoms with E-state index in [0.717, 1.165) is 22.3 Å². The molecular weight excluding hydrogens is 438 g/mol.